The number of nitrogens with one attached hydrogen (secondary N) is 1. The third kappa shape index (κ3) is 3.70. The summed E-state index contributed by atoms with van der Waals surface area (Å²) < 4.78 is 0. The first-order valence-electron chi connectivity index (χ1n) is 6.67. The predicted molar refractivity (Wildman–Crippen MR) is 74.5 cm³/mol. The van der Waals surface area contributed by atoms with E-state index in [4.69, 9.17) is 0 Å². The van der Waals surface area contributed by atoms with Crippen LogP contribution in [-0.4, -0.2) is 24.6 Å². The summed E-state index contributed by atoms with van der Waals surface area (Å²) in [4.78, 5) is 6.91. The first kappa shape index (κ1) is 14.0. The lowest BCUT2D eigenvalue weighted by molar-refractivity contribution is 0.593. The molecular weight excluding hydrogens is 210 g/mol. The van der Waals surface area contributed by atoms with Crippen molar-refractivity contribution in [1.82, 2.24) is 10.3 Å². The molecule has 3 nitrogen and oxygen atoms in total. The molecule has 1 aromatic heterocycles. The molecule has 1 aromatic rings. The molecule has 1 N–H and O–H groups in total. The highest BCUT2D eigenvalue weighted by Crippen LogP contribution is 2.23. The fraction of sp³-hybridized carbons (Fsp3) is 0.643. The highest BCUT2D eigenvalue weighted by atomic mass is 15.2. The minimum Gasteiger partial charge on any atom is -0.357 e. The van der Waals surface area contributed by atoms with Gasteiger partial charge in [-0.2, -0.15) is 0 Å². The minimum absolute atomic E-state index is 0.356. The molecule has 1 atom stereocenters. The number of anilines is 1. The van der Waals surface area contributed by atoms with Crippen LogP contribution >= 0.6 is 0 Å². The zero-order valence-corrected chi connectivity index (χ0v) is 11.5. The number of hydrogen-bond acceptors (Lipinski definition) is 3. The maximum Gasteiger partial charge on any atom is 0.133 e. The molecular formula is C14H25N3. The van der Waals surface area contributed by atoms with Crippen LogP contribution in [0.2, 0.25) is 0 Å². The lowest BCUT2D eigenvalue weighted by Crippen LogP contribution is -2.28. The highest BCUT2D eigenvalue weighted by Gasteiger charge is 2.14. The molecule has 0 saturated carbocycles. The smallest absolute Gasteiger partial charge is 0.133 e. The largest absolute Gasteiger partial charge is 0.357 e. The van der Waals surface area contributed by atoms with Gasteiger partial charge in [0, 0.05) is 30.9 Å². The van der Waals surface area contributed by atoms with Gasteiger partial charge in [-0.1, -0.05) is 19.9 Å². The normalized spacial score (nSPS) is 12.5. The second-order valence-corrected chi connectivity index (χ2v) is 4.28. The Labute approximate surface area is 105 Å². The summed E-state index contributed by atoms with van der Waals surface area (Å²) in [6, 6.07) is 4.55. The summed E-state index contributed by atoms with van der Waals surface area (Å²) in [6.07, 6.45) is 3.04. The summed E-state index contributed by atoms with van der Waals surface area (Å²) in [7, 11) is 0. The SMILES string of the molecule is CCCN(CC)c1ncccc1C(C)NCC. The van der Waals surface area contributed by atoms with Crippen molar-refractivity contribution in [2.45, 2.75) is 40.2 Å². The molecule has 0 bridgehead atoms. The van der Waals surface area contributed by atoms with E-state index in [1.807, 2.05) is 12.3 Å². The van der Waals surface area contributed by atoms with Crippen molar-refractivity contribution in [2.24, 2.45) is 0 Å². The Morgan fingerprint density at radius 3 is 2.71 bits per heavy atom. The predicted octanol–water partition coefficient (Wildman–Crippen LogP) is 2.99. The maximum absolute atomic E-state index is 4.56. The molecule has 0 aliphatic rings. The molecule has 0 radical (unpaired) electrons. The summed E-state index contributed by atoms with van der Waals surface area (Å²) in [5.41, 5.74) is 1.30. The van der Waals surface area contributed by atoms with Crippen molar-refractivity contribution in [1.29, 1.82) is 0 Å². The van der Waals surface area contributed by atoms with Gasteiger partial charge in [0.05, 0.1) is 0 Å². The van der Waals surface area contributed by atoms with E-state index in [0.29, 0.717) is 6.04 Å². The molecule has 96 valence electrons. The first-order chi connectivity index (χ1) is 8.24. The van der Waals surface area contributed by atoms with E-state index in [1.54, 1.807) is 0 Å². The Hall–Kier alpha value is -1.09. The standard InChI is InChI=1S/C14H25N3/c1-5-11-17(7-3)14-13(9-8-10-16-14)12(4)15-6-2/h8-10,12,15H,5-7,11H2,1-4H3. The van der Waals surface area contributed by atoms with E-state index in [-0.39, 0.29) is 0 Å². The van der Waals surface area contributed by atoms with Gasteiger partial charge in [-0.3, -0.25) is 0 Å². The molecule has 0 spiro atoms. The second kappa shape index (κ2) is 7.28. The molecule has 0 fully saturated rings. The van der Waals surface area contributed by atoms with Crippen LogP contribution in [0.5, 0.6) is 0 Å². The second-order valence-electron chi connectivity index (χ2n) is 4.28. The minimum atomic E-state index is 0.356. The van der Waals surface area contributed by atoms with E-state index in [9.17, 15) is 0 Å². The van der Waals surface area contributed by atoms with Crippen LogP contribution in [0.15, 0.2) is 18.3 Å². The molecule has 0 aromatic carbocycles. The number of nitrogens with zero attached hydrogens (tertiary/aromatic N) is 2. The van der Waals surface area contributed by atoms with Crippen LogP contribution in [0.4, 0.5) is 5.82 Å². The number of pyridine rings is 1. The number of rotatable bonds is 7. The molecule has 1 unspecified atom stereocenters. The van der Waals surface area contributed by atoms with Crippen molar-refractivity contribution in [2.75, 3.05) is 24.5 Å². The van der Waals surface area contributed by atoms with E-state index in [0.717, 1.165) is 31.9 Å². The molecule has 0 aliphatic heterocycles. The van der Waals surface area contributed by atoms with E-state index < -0.39 is 0 Å². The van der Waals surface area contributed by atoms with Gasteiger partial charge in [-0.15, -0.1) is 0 Å². The Bertz CT molecular complexity index is 325. The van der Waals surface area contributed by atoms with Crippen molar-refractivity contribution in [3.8, 4) is 0 Å². The number of hydrogen-bond donors (Lipinski definition) is 1. The molecule has 17 heavy (non-hydrogen) atoms. The van der Waals surface area contributed by atoms with Gasteiger partial charge in [0.2, 0.25) is 0 Å². The van der Waals surface area contributed by atoms with Gasteiger partial charge in [-0.05, 0) is 32.9 Å². The summed E-state index contributed by atoms with van der Waals surface area (Å²) >= 11 is 0. The van der Waals surface area contributed by atoms with Crippen LogP contribution in [0.1, 0.15) is 45.7 Å². The molecule has 1 rings (SSSR count). The highest BCUT2D eigenvalue weighted by molar-refractivity contribution is 5.48. The fourth-order valence-corrected chi connectivity index (χ4v) is 2.11. The van der Waals surface area contributed by atoms with Gasteiger partial charge in [-0.25, -0.2) is 4.98 Å². The van der Waals surface area contributed by atoms with Crippen molar-refractivity contribution < 1.29 is 0 Å². The Morgan fingerprint density at radius 2 is 2.12 bits per heavy atom. The van der Waals surface area contributed by atoms with Gasteiger partial charge < -0.3 is 10.2 Å². The fourth-order valence-electron chi connectivity index (χ4n) is 2.11. The zero-order chi connectivity index (χ0) is 12.7. The monoisotopic (exact) mass is 235 g/mol. The average molecular weight is 235 g/mol. The van der Waals surface area contributed by atoms with Crippen molar-refractivity contribution >= 4 is 5.82 Å². The lowest BCUT2D eigenvalue weighted by atomic mass is 10.1. The first-order valence-corrected chi connectivity index (χ1v) is 6.67. The average Bonchev–Trinajstić information content (AvgIpc) is 2.36. The molecule has 0 aliphatic carbocycles. The Kier molecular flexibility index (Phi) is 5.98. The van der Waals surface area contributed by atoms with E-state index in [1.165, 1.54) is 5.56 Å². The van der Waals surface area contributed by atoms with Crippen LogP contribution in [0.3, 0.4) is 0 Å². The third-order valence-electron chi connectivity index (χ3n) is 2.97. The van der Waals surface area contributed by atoms with Crippen LogP contribution < -0.4 is 10.2 Å². The molecule has 0 amide bonds. The summed E-state index contributed by atoms with van der Waals surface area (Å²) in [5, 5.41) is 3.46. The Balaban J connectivity index is 2.96. The summed E-state index contributed by atoms with van der Waals surface area (Å²) in [6.45, 7) is 11.8. The topological polar surface area (TPSA) is 28.2 Å². The van der Waals surface area contributed by atoms with Crippen LogP contribution in [0.25, 0.3) is 0 Å². The van der Waals surface area contributed by atoms with Crippen molar-refractivity contribution in [3.05, 3.63) is 23.9 Å². The number of aromatic nitrogens is 1. The quantitative estimate of drug-likeness (QED) is 0.787. The van der Waals surface area contributed by atoms with E-state index in [2.05, 4.69) is 49.0 Å². The zero-order valence-electron chi connectivity index (χ0n) is 11.5. The third-order valence-corrected chi connectivity index (χ3v) is 2.97. The molecule has 1 heterocycles. The van der Waals surface area contributed by atoms with Crippen LogP contribution in [0, 0.1) is 0 Å². The van der Waals surface area contributed by atoms with Gasteiger partial charge in [0.25, 0.3) is 0 Å². The summed E-state index contributed by atoms with van der Waals surface area (Å²) in [5.74, 6) is 1.13. The lowest BCUT2D eigenvalue weighted by Gasteiger charge is -2.26. The van der Waals surface area contributed by atoms with Gasteiger partial charge in [0.1, 0.15) is 5.82 Å². The van der Waals surface area contributed by atoms with Crippen LogP contribution in [-0.2, 0) is 0 Å². The maximum atomic E-state index is 4.56. The van der Waals surface area contributed by atoms with Gasteiger partial charge in [0.15, 0.2) is 0 Å². The molecule has 0 saturated heterocycles. The van der Waals surface area contributed by atoms with Crippen molar-refractivity contribution in [3.63, 3.8) is 0 Å². The van der Waals surface area contributed by atoms with E-state index >= 15 is 0 Å². The Morgan fingerprint density at radius 1 is 1.35 bits per heavy atom. The van der Waals surface area contributed by atoms with Gasteiger partial charge >= 0.3 is 0 Å². The molecule has 3 heteroatoms.